The minimum absolute atomic E-state index is 0.0490. The molecule has 0 bridgehead atoms. The Balaban J connectivity index is 1.76. The Kier molecular flexibility index (Phi) is 6.67. The summed E-state index contributed by atoms with van der Waals surface area (Å²) >= 11 is 17.9. The number of amides is 1. The fourth-order valence-electron chi connectivity index (χ4n) is 2.80. The van der Waals surface area contributed by atoms with Gasteiger partial charge in [-0.3, -0.25) is 24.3 Å². The number of benzene rings is 1. The quantitative estimate of drug-likeness (QED) is 0.372. The number of nitrogens with zero attached hydrogens (tertiary/aromatic N) is 5. The molecule has 2 aromatic heterocycles. The molecule has 0 aliphatic carbocycles. The zero-order valence-electron chi connectivity index (χ0n) is 16.0. The van der Waals surface area contributed by atoms with Crippen molar-refractivity contribution >= 4 is 52.2 Å². The summed E-state index contributed by atoms with van der Waals surface area (Å²) in [7, 11) is 0. The molecule has 0 aliphatic rings. The zero-order valence-corrected chi connectivity index (χ0v) is 18.2. The van der Waals surface area contributed by atoms with Crippen LogP contribution in [0.4, 0.5) is 24.7 Å². The van der Waals surface area contributed by atoms with Gasteiger partial charge < -0.3 is 5.32 Å². The minimum Gasteiger partial charge on any atom is -0.306 e. The molecule has 0 unspecified atom stereocenters. The van der Waals surface area contributed by atoms with E-state index in [2.05, 4.69) is 15.5 Å². The fourth-order valence-corrected chi connectivity index (χ4v) is 3.31. The lowest BCUT2D eigenvalue weighted by Gasteiger charge is -2.05. The second-order valence-electron chi connectivity index (χ2n) is 6.52. The summed E-state index contributed by atoms with van der Waals surface area (Å²) in [5.74, 6) is -0.881. The molecular weight excluding hydrogens is 500 g/mol. The van der Waals surface area contributed by atoms with Crippen molar-refractivity contribution in [1.82, 2.24) is 19.6 Å². The molecule has 0 atom stereocenters. The molecule has 0 aliphatic heterocycles. The predicted octanol–water partition coefficient (Wildman–Crippen LogP) is 4.96. The van der Waals surface area contributed by atoms with Crippen molar-refractivity contribution in [2.75, 3.05) is 5.32 Å². The van der Waals surface area contributed by atoms with E-state index in [9.17, 15) is 28.1 Å². The van der Waals surface area contributed by atoms with Crippen LogP contribution in [0.5, 0.6) is 0 Å². The Morgan fingerprint density at radius 3 is 2.44 bits per heavy atom. The summed E-state index contributed by atoms with van der Waals surface area (Å²) in [4.78, 5) is 22.1. The highest BCUT2D eigenvalue weighted by atomic mass is 35.5. The average Bonchev–Trinajstić information content (AvgIpc) is 3.18. The molecule has 2 heterocycles. The van der Waals surface area contributed by atoms with Crippen molar-refractivity contribution in [3.8, 4) is 0 Å². The lowest BCUT2D eigenvalue weighted by Crippen LogP contribution is -2.21. The van der Waals surface area contributed by atoms with Crippen LogP contribution in [-0.4, -0.2) is 30.4 Å². The Labute approximate surface area is 192 Å². The van der Waals surface area contributed by atoms with E-state index in [4.69, 9.17) is 34.8 Å². The van der Waals surface area contributed by atoms with E-state index < -0.39 is 40.6 Å². The molecule has 0 saturated heterocycles. The fraction of sp³-hybridized carbons (Fsp3) is 0.235. The number of aromatic nitrogens is 4. The normalized spacial score (nSPS) is 11.6. The van der Waals surface area contributed by atoms with Crippen LogP contribution < -0.4 is 5.32 Å². The van der Waals surface area contributed by atoms with Crippen LogP contribution in [0.2, 0.25) is 15.1 Å². The number of nitro groups is 1. The van der Waals surface area contributed by atoms with E-state index in [1.807, 2.05) is 0 Å². The molecule has 170 valence electrons. The smallest absolute Gasteiger partial charge is 0.306 e. The van der Waals surface area contributed by atoms with Crippen molar-refractivity contribution in [2.24, 2.45) is 0 Å². The van der Waals surface area contributed by atoms with E-state index in [1.54, 1.807) is 18.2 Å². The molecule has 32 heavy (non-hydrogen) atoms. The highest BCUT2D eigenvalue weighted by Gasteiger charge is 2.44. The van der Waals surface area contributed by atoms with Gasteiger partial charge in [-0.15, -0.1) is 0 Å². The first kappa shape index (κ1) is 23.8. The second-order valence-corrected chi connectivity index (χ2v) is 7.74. The Morgan fingerprint density at radius 1 is 1.19 bits per heavy atom. The molecule has 15 heteroatoms. The third-order valence-corrected chi connectivity index (χ3v) is 5.24. The number of hydrogen-bond acceptors (Lipinski definition) is 5. The van der Waals surface area contributed by atoms with E-state index in [1.165, 1.54) is 10.9 Å². The molecule has 1 amide bonds. The summed E-state index contributed by atoms with van der Waals surface area (Å²) in [6.45, 7) is 0.581. The van der Waals surface area contributed by atoms with Gasteiger partial charge in [-0.25, -0.2) is 0 Å². The van der Waals surface area contributed by atoms with Crippen molar-refractivity contribution in [3.63, 3.8) is 0 Å². The number of hydrogen-bond donors (Lipinski definition) is 1. The number of carbonyl (C=O) groups excluding carboxylic acids is 1. The van der Waals surface area contributed by atoms with Gasteiger partial charge in [0.05, 0.1) is 21.5 Å². The molecule has 1 N–H and O–H groups in total. The van der Waals surface area contributed by atoms with Crippen molar-refractivity contribution in [1.29, 1.82) is 0 Å². The molecule has 9 nitrogen and oxygen atoms in total. The van der Waals surface area contributed by atoms with E-state index in [0.29, 0.717) is 14.7 Å². The standard InChI is InChI=1S/C17H12Cl3F3N6O3/c1-8-14(29(31)32)15(17(21,22)23)25-28(8)7-13(30)24-16-12(20)6-27(26-16)5-9-2-3-10(18)11(19)4-9/h2-4,6H,5,7H2,1H3,(H,24,26,30). The molecule has 0 radical (unpaired) electrons. The molecule has 1 aromatic carbocycles. The van der Waals surface area contributed by atoms with Crippen LogP contribution in [0.1, 0.15) is 17.0 Å². The number of rotatable bonds is 6. The Morgan fingerprint density at radius 2 is 1.88 bits per heavy atom. The largest absolute Gasteiger partial charge is 0.442 e. The highest BCUT2D eigenvalue weighted by molar-refractivity contribution is 6.42. The van der Waals surface area contributed by atoms with Crippen LogP contribution in [0.3, 0.4) is 0 Å². The summed E-state index contributed by atoms with van der Waals surface area (Å²) in [6.07, 6.45) is -3.63. The second kappa shape index (κ2) is 8.96. The Hall–Kier alpha value is -2.83. The lowest BCUT2D eigenvalue weighted by atomic mass is 10.2. The number of halogens is 6. The van der Waals surface area contributed by atoms with Crippen molar-refractivity contribution < 1.29 is 22.9 Å². The van der Waals surface area contributed by atoms with Crippen LogP contribution in [0.15, 0.2) is 24.4 Å². The Bertz CT molecular complexity index is 1210. The molecule has 0 fully saturated rings. The highest BCUT2D eigenvalue weighted by Crippen LogP contribution is 2.37. The lowest BCUT2D eigenvalue weighted by molar-refractivity contribution is -0.388. The van der Waals surface area contributed by atoms with Crippen LogP contribution in [-0.2, 0) is 24.1 Å². The molecule has 0 saturated carbocycles. The average molecular weight is 512 g/mol. The zero-order chi connectivity index (χ0) is 23.8. The summed E-state index contributed by atoms with van der Waals surface area (Å²) < 4.78 is 41.1. The number of nitrogens with one attached hydrogen (secondary N) is 1. The molecule has 3 rings (SSSR count). The van der Waals surface area contributed by atoms with Gasteiger partial charge in [0.1, 0.15) is 17.3 Å². The summed E-state index contributed by atoms with van der Waals surface area (Å²) in [6, 6.07) is 4.95. The number of carbonyl (C=O) groups is 1. The van der Waals surface area contributed by atoms with Gasteiger partial charge in [0.25, 0.3) is 0 Å². The molecule has 3 aromatic rings. The first-order valence-corrected chi connectivity index (χ1v) is 9.76. The topological polar surface area (TPSA) is 108 Å². The maximum absolute atomic E-state index is 13.0. The van der Waals surface area contributed by atoms with Gasteiger partial charge in [-0.05, 0) is 24.6 Å². The van der Waals surface area contributed by atoms with Crippen LogP contribution in [0, 0.1) is 17.0 Å². The van der Waals surface area contributed by atoms with Crippen molar-refractivity contribution in [2.45, 2.75) is 26.2 Å². The molecule has 0 spiro atoms. The summed E-state index contributed by atoms with van der Waals surface area (Å²) in [5, 5.41) is 21.5. The summed E-state index contributed by atoms with van der Waals surface area (Å²) in [5.41, 5.74) is -2.57. The first-order valence-electron chi connectivity index (χ1n) is 8.62. The minimum atomic E-state index is -5.05. The number of alkyl halides is 3. The first-order chi connectivity index (χ1) is 14.9. The third kappa shape index (κ3) is 5.14. The van der Waals surface area contributed by atoms with E-state index in [-0.39, 0.29) is 17.4 Å². The maximum Gasteiger partial charge on any atom is 0.442 e. The van der Waals surface area contributed by atoms with Gasteiger partial charge in [-0.1, -0.05) is 40.9 Å². The van der Waals surface area contributed by atoms with E-state index >= 15 is 0 Å². The van der Waals surface area contributed by atoms with Gasteiger partial charge in [0.15, 0.2) is 5.82 Å². The van der Waals surface area contributed by atoms with Gasteiger partial charge >= 0.3 is 11.9 Å². The van der Waals surface area contributed by atoms with Gasteiger partial charge in [0, 0.05) is 6.20 Å². The SMILES string of the molecule is Cc1c([N+](=O)[O-])c(C(F)(F)F)nn1CC(=O)Nc1nn(Cc2ccc(Cl)c(Cl)c2)cc1Cl. The van der Waals surface area contributed by atoms with Gasteiger partial charge in [0.2, 0.25) is 11.6 Å². The monoisotopic (exact) mass is 510 g/mol. The van der Waals surface area contributed by atoms with E-state index in [0.717, 1.165) is 12.5 Å². The van der Waals surface area contributed by atoms with Crippen LogP contribution in [0.25, 0.3) is 0 Å². The third-order valence-electron chi connectivity index (χ3n) is 4.22. The van der Waals surface area contributed by atoms with Crippen LogP contribution >= 0.6 is 34.8 Å². The van der Waals surface area contributed by atoms with Gasteiger partial charge in [-0.2, -0.15) is 23.4 Å². The maximum atomic E-state index is 13.0. The number of anilines is 1. The predicted molar refractivity (Wildman–Crippen MR) is 110 cm³/mol. The molecular formula is C17H12Cl3F3N6O3. The van der Waals surface area contributed by atoms with Crippen molar-refractivity contribution in [3.05, 3.63) is 66.5 Å².